The lowest BCUT2D eigenvalue weighted by Crippen LogP contribution is -2.39. The number of carbonyl (C=O) groups excluding carboxylic acids is 1. The summed E-state index contributed by atoms with van der Waals surface area (Å²) in [5.74, 6) is 0.103. The number of rotatable bonds is 6. The second kappa shape index (κ2) is 7.98. The SMILES string of the molecule is CC(=O)N1CCC(n2ccc3nn(COCC[Si](C)(C)C)cc3c2=O)CC1. The maximum atomic E-state index is 12.9. The van der Waals surface area contributed by atoms with E-state index in [1.807, 2.05) is 17.2 Å². The van der Waals surface area contributed by atoms with Gasteiger partial charge in [-0.3, -0.25) is 9.59 Å². The number of likely N-dealkylation sites (tertiary alicyclic amines) is 1. The van der Waals surface area contributed by atoms with E-state index in [4.69, 9.17) is 4.74 Å². The number of pyridine rings is 1. The Balaban J connectivity index is 1.68. The fourth-order valence-corrected chi connectivity index (χ4v) is 4.19. The Hall–Kier alpha value is -1.93. The van der Waals surface area contributed by atoms with Crippen molar-refractivity contribution >= 4 is 24.9 Å². The zero-order valence-electron chi connectivity index (χ0n) is 16.8. The van der Waals surface area contributed by atoms with Gasteiger partial charge in [-0.05, 0) is 25.0 Å². The smallest absolute Gasteiger partial charge is 0.261 e. The van der Waals surface area contributed by atoms with Crippen molar-refractivity contribution in [3.8, 4) is 0 Å². The molecule has 7 nitrogen and oxygen atoms in total. The van der Waals surface area contributed by atoms with Crippen LogP contribution in [0.3, 0.4) is 0 Å². The fraction of sp³-hybridized carbons (Fsp3) is 0.632. The molecule has 1 aliphatic heterocycles. The van der Waals surface area contributed by atoms with Crippen molar-refractivity contribution in [2.75, 3.05) is 19.7 Å². The third-order valence-corrected chi connectivity index (χ3v) is 6.88. The molecule has 0 spiro atoms. The standard InChI is InChI=1S/C19H30N4O3Si/c1-15(24)21-8-5-16(6-9-21)23-10-7-18-17(19(23)25)13-22(20-18)14-26-11-12-27(2,3)4/h7,10,13,16H,5-6,8-9,11-12,14H2,1-4H3. The Morgan fingerprint density at radius 3 is 2.63 bits per heavy atom. The highest BCUT2D eigenvalue weighted by atomic mass is 28.3. The largest absolute Gasteiger partial charge is 0.360 e. The highest BCUT2D eigenvalue weighted by Crippen LogP contribution is 2.22. The van der Waals surface area contributed by atoms with Gasteiger partial charge in [-0.15, -0.1) is 0 Å². The van der Waals surface area contributed by atoms with Crippen LogP contribution in [0.1, 0.15) is 25.8 Å². The predicted octanol–water partition coefficient (Wildman–Crippen LogP) is 2.69. The minimum absolute atomic E-state index is 0.0119. The molecule has 0 N–H and O–H groups in total. The van der Waals surface area contributed by atoms with E-state index in [0.717, 1.165) is 25.5 Å². The van der Waals surface area contributed by atoms with Crippen molar-refractivity contribution in [3.63, 3.8) is 0 Å². The summed E-state index contributed by atoms with van der Waals surface area (Å²) in [7, 11) is -1.11. The molecular formula is C19H30N4O3Si. The van der Waals surface area contributed by atoms with Crippen molar-refractivity contribution in [1.29, 1.82) is 0 Å². The number of carbonyl (C=O) groups is 1. The minimum atomic E-state index is -1.11. The van der Waals surface area contributed by atoms with Crippen molar-refractivity contribution in [3.05, 3.63) is 28.8 Å². The van der Waals surface area contributed by atoms with E-state index in [2.05, 4.69) is 24.7 Å². The van der Waals surface area contributed by atoms with Gasteiger partial charge in [0.1, 0.15) is 6.73 Å². The van der Waals surface area contributed by atoms with E-state index < -0.39 is 8.07 Å². The highest BCUT2D eigenvalue weighted by Gasteiger charge is 2.23. The van der Waals surface area contributed by atoms with Crippen molar-refractivity contribution in [1.82, 2.24) is 19.2 Å². The number of ether oxygens (including phenoxy) is 1. The lowest BCUT2D eigenvalue weighted by atomic mass is 10.0. The van der Waals surface area contributed by atoms with Gasteiger partial charge in [0.15, 0.2) is 0 Å². The van der Waals surface area contributed by atoms with Gasteiger partial charge in [0.2, 0.25) is 5.91 Å². The summed E-state index contributed by atoms with van der Waals surface area (Å²) in [5.41, 5.74) is 0.688. The zero-order valence-corrected chi connectivity index (χ0v) is 17.8. The first kappa shape index (κ1) is 19.8. The molecule has 2 aromatic rings. The molecular weight excluding hydrogens is 360 g/mol. The summed E-state index contributed by atoms with van der Waals surface area (Å²) in [5, 5.41) is 5.09. The third kappa shape index (κ3) is 4.87. The molecule has 1 aliphatic rings. The topological polar surface area (TPSA) is 69.4 Å². The third-order valence-electron chi connectivity index (χ3n) is 5.17. The van der Waals surface area contributed by atoms with Crippen LogP contribution in [0, 0.1) is 0 Å². The molecule has 0 radical (unpaired) electrons. The minimum Gasteiger partial charge on any atom is -0.360 e. The Morgan fingerprint density at radius 1 is 1.30 bits per heavy atom. The molecule has 0 unspecified atom stereocenters. The van der Waals surface area contributed by atoms with E-state index in [9.17, 15) is 9.59 Å². The molecule has 148 valence electrons. The predicted molar refractivity (Wildman–Crippen MR) is 109 cm³/mol. The number of piperidine rings is 1. The van der Waals surface area contributed by atoms with Crippen LogP contribution in [-0.2, 0) is 16.3 Å². The maximum Gasteiger partial charge on any atom is 0.261 e. The molecule has 0 aromatic carbocycles. The van der Waals surface area contributed by atoms with Crippen molar-refractivity contribution in [2.45, 2.75) is 58.2 Å². The first-order valence-corrected chi connectivity index (χ1v) is 13.4. The molecule has 0 atom stereocenters. The van der Waals surface area contributed by atoms with Crippen LogP contribution < -0.4 is 5.56 Å². The monoisotopic (exact) mass is 390 g/mol. The highest BCUT2D eigenvalue weighted by molar-refractivity contribution is 6.76. The van der Waals surface area contributed by atoms with Gasteiger partial charge in [0, 0.05) is 53.1 Å². The van der Waals surface area contributed by atoms with Crippen LogP contribution in [0.4, 0.5) is 0 Å². The number of aromatic nitrogens is 3. The van der Waals surface area contributed by atoms with Crippen LogP contribution in [0.2, 0.25) is 25.7 Å². The quantitative estimate of drug-likeness (QED) is 0.562. The molecule has 3 rings (SSSR count). The number of hydrogen-bond acceptors (Lipinski definition) is 4. The van der Waals surface area contributed by atoms with Crippen LogP contribution in [0.15, 0.2) is 23.3 Å². The summed E-state index contributed by atoms with van der Waals surface area (Å²) in [6.45, 7) is 11.1. The van der Waals surface area contributed by atoms with Gasteiger partial charge in [-0.2, -0.15) is 5.10 Å². The molecule has 2 aromatic heterocycles. The molecule has 1 saturated heterocycles. The van der Waals surface area contributed by atoms with Gasteiger partial charge in [0.25, 0.3) is 5.56 Å². The van der Waals surface area contributed by atoms with E-state index in [1.54, 1.807) is 22.4 Å². The second-order valence-electron chi connectivity index (χ2n) is 8.58. The van der Waals surface area contributed by atoms with Gasteiger partial charge in [-0.25, -0.2) is 4.68 Å². The van der Waals surface area contributed by atoms with Gasteiger partial charge in [-0.1, -0.05) is 19.6 Å². The molecule has 8 heteroatoms. The average molecular weight is 391 g/mol. The van der Waals surface area contributed by atoms with Crippen LogP contribution in [-0.4, -0.2) is 52.9 Å². The second-order valence-corrected chi connectivity index (χ2v) is 14.2. The maximum absolute atomic E-state index is 12.9. The number of hydrogen-bond donors (Lipinski definition) is 0. The average Bonchev–Trinajstić information content (AvgIpc) is 3.02. The fourth-order valence-electron chi connectivity index (χ4n) is 3.43. The Kier molecular flexibility index (Phi) is 5.85. The Labute approximate surface area is 160 Å². The van der Waals surface area contributed by atoms with Crippen LogP contribution >= 0.6 is 0 Å². The van der Waals surface area contributed by atoms with E-state index in [1.165, 1.54) is 0 Å². The molecule has 1 amide bonds. The van der Waals surface area contributed by atoms with E-state index >= 15 is 0 Å². The first-order chi connectivity index (χ1) is 12.7. The molecule has 3 heterocycles. The summed E-state index contributed by atoms with van der Waals surface area (Å²) in [4.78, 5) is 26.2. The Bertz CT molecular complexity index is 860. The van der Waals surface area contributed by atoms with E-state index in [-0.39, 0.29) is 17.5 Å². The lowest BCUT2D eigenvalue weighted by Gasteiger charge is -2.32. The van der Waals surface area contributed by atoms with Gasteiger partial charge < -0.3 is 14.2 Å². The summed E-state index contributed by atoms with van der Waals surface area (Å²) in [6.07, 6.45) is 5.23. The molecule has 27 heavy (non-hydrogen) atoms. The van der Waals surface area contributed by atoms with Gasteiger partial charge >= 0.3 is 0 Å². The van der Waals surface area contributed by atoms with E-state index in [0.29, 0.717) is 30.7 Å². The van der Waals surface area contributed by atoms with Crippen LogP contribution in [0.5, 0.6) is 0 Å². The van der Waals surface area contributed by atoms with Crippen molar-refractivity contribution in [2.24, 2.45) is 0 Å². The summed E-state index contributed by atoms with van der Waals surface area (Å²) in [6, 6.07) is 3.14. The van der Waals surface area contributed by atoms with Crippen LogP contribution in [0.25, 0.3) is 10.9 Å². The molecule has 1 fully saturated rings. The lowest BCUT2D eigenvalue weighted by molar-refractivity contribution is -0.130. The number of amides is 1. The number of nitrogens with zero attached hydrogens (tertiary/aromatic N) is 4. The molecule has 0 saturated carbocycles. The first-order valence-electron chi connectivity index (χ1n) is 9.66. The normalized spacial score (nSPS) is 16.2. The van der Waals surface area contributed by atoms with Crippen molar-refractivity contribution < 1.29 is 9.53 Å². The Morgan fingerprint density at radius 2 is 2.00 bits per heavy atom. The zero-order chi connectivity index (χ0) is 19.6. The summed E-state index contributed by atoms with van der Waals surface area (Å²) >= 11 is 0. The number of fused-ring (bicyclic) bond motifs is 1. The van der Waals surface area contributed by atoms with Gasteiger partial charge in [0.05, 0.1) is 10.9 Å². The molecule has 0 aliphatic carbocycles. The summed E-state index contributed by atoms with van der Waals surface area (Å²) < 4.78 is 9.25. The molecule has 0 bridgehead atoms.